The fourth-order valence-electron chi connectivity index (χ4n) is 2.72. The molecule has 9 heteroatoms. The highest BCUT2D eigenvalue weighted by Crippen LogP contribution is 2.31. The van der Waals surface area contributed by atoms with E-state index in [0.29, 0.717) is 34.0 Å². The van der Waals surface area contributed by atoms with Crippen molar-refractivity contribution in [2.45, 2.75) is 20.3 Å². The number of nitrogens with one attached hydrogen (secondary N) is 3. The third kappa shape index (κ3) is 5.49. The molecule has 8 nitrogen and oxygen atoms in total. The molecule has 1 amide bonds. The molecule has 1 aromatic carbocycles. The highest BCUT2D eigenvalue weighted by molar-refractivity contribution is 6.33. The summed E-state index contributed by atoms with van der Waals surface area (Å²) in [5.74, 6) is 0.884. The summed E-state index contributed by atoms with van der Waals surface area (Å²) in [5.41, 5.74) is 3.97. The summed E-state index contributed by atoms with van der Waals surface area (Å²) in [4.78, 5) is 24.8. The number of aromatic nitrogens is 3. The van der Waals surface area contributed by atoms with E-state index in [1.807, 2.05) is 32.0 Å². The molecule has 2 heterocycles. The number of carbonyl (C=O) groups excluding carboxylic acids is 1. The quantitative estimate of drug-likeness (QED) is 0.424. The standard InChI is InChI=1S/C22H23ClN6O2/c1-5-14-7-8-16(18(9-14)26-19(30)6-2)27-21-15(23)12-25-22(29-21)28-17-10-20(31-4)24-11-13(17)3/h6-12H,2,5H2,1,3-4H3,(H,26,30)(H2,24,25,27,28,29). The van der Waals surface area contributed by atoms with Crippen molar-refractivity contribution >= 4 is 46.3 Å². The van der Waals surface area contributed by atoms with Gasteiger partial charge in [0.2, 0.25) is 17.7 Å². The molecule has 0 aliphatic carbocycles. The number of hydrogen-bond donors (Lipinski definition) is 3. The van der Waals surface area contributed by atoms with E-state index >= 15 is 0 Å². The zero-order valence-electron chi connectivity index (χ0n) is 17.5. The molecule has 0 saturated carbocycles. The minimum atomic E-state index is -0.311. The molecule has 2 aromatic heterocycles. The molecule has 0 aliphatic rings. The molecule has 3 rings (SSSR count). The van der Waals surface area contributed by atoms with Crippen LogP contribution in [0.2, 0.25) is 5.02 Å². The predicted octanol–water partition coefficient (Wildman–Crippen LogP) is 5.02. The van der Waals surface area contributed by atoms with Crippen LogP contribution in [0.4, 0.5) is 28.8 Å². The second-order valence-corrected chi connectivity index (χ2v) is 7.02. The fourth-order valence-corrected chi connectivity index (χ4v) is 2.86. The Morgan fingerprint density at radius 3 is 2.68 bits per heavy atom. The molecule has 0 aliphatic heterocycles. The molecule has 3 N–H and O–H groups in total. The summed E-state index contributed by atoms with van der Waals surface area (Å²) in [6.45, 7) is 7.45. The van der Waals surface area contributed by atoms with Gasteiger partial charge in [-0.3, -0.25) is 4.79 Å². The number of halogens is 1. The van der Waals surface area contributed by atoms with E-state index in [1.54, 1.807) is 19.4 Å². The summed E-state index contributed by atoms with van der Waals surface area (Å²) < 4.78 is 5.18. The van der Waals surface area contributed by atoms with Gasteiger partial charge in [-0.15, -0.1) is 0 Å². The Balaban J connectivity index is 1.91. The molecule has 0 atom stereocenters. The van der Waals surface area contributed by atoms with Crippen LogP contribution in [-0.2, 0) is 11.2 Å². The Bertz CT molecular complexity index is 1120. The number of rotatable bonds is 8. The lowest BCUT2D eigenvalue weighted by Crippen LogP contribution is -2.10. The first kappa shape index (κ1) is 22.0. The van der Waals surface area contributed by atoms with Gasteiger partial charge in [-0.1, -0.05) is 31.2 Å². The van der Waals surface area contributed by atoms with Crippen molar-refractivity contribution < 1.29 is 9.53 Å². The first-order valence-corrected chi connectivity index (χ1v) is 9.94. The molecule has 0 bridgehead atoms. The lowest BCUT2D eigenvalue weighted by molar-refractivity contribution is -0.111. The summed E-state index contributed by atoms with van der Waals surface area (Å²) in [5, 5.41) is 9.46. The first-order valence-electron chi connectivity index (χ1n) is 9.57. The molecule has 0 unspecified atom stereocenters. The zero-order chi connectivity index (χ0) is 22.4. The van der Waals surface area contributed by atoms with Crippen LogP contribution in [0.25, 0.3) is 0 Å². The number of aryl methyl sites for hydroxylation is 2. The number of anilines is 5. The van der Waals surface area contributed by atoms with E-state index in [-0.39, 0.29) is 5.91 Å². The average molecular weight is 439 g/mol. The third-order valence-electron chi connectivity index (χ3n) is 4.47. The van der Waals surface area contributed by atoms with Crippen molar-refractivity contribution in [3.63, 3.8) is 0 Å². The van der Waals surface area contributed by atoms with Crippen LogP contribution in [0.5, 0.6) is 5.88 Å². The van der Waals surface area contributed by atoms with Crippen LogP contribution in [0.1, 0.15) is 18.1 Å². The number of benzene rings is 1. The van der Waals surface area contributed by atoms with E-state index in [9.17, 15) is 4.79 Å². The van der Waals surface area contributed by atoms with Gasteiger partial charge in [0.15, 0.2) is 5.82 Å². The first-order chi connectivity index (χ1) is 14.9. The van der Waals surface area contributed by atoms with Crippen molar-refractivity contribution in [3.8, 4) is 5.88 Å². The topological polar surface area (TPSA) is 101 Å². The Morgan fingerprint density at radius 1 is 1.16 bits per heavy atom. The lowest BCUT2D eigenvalue weighted by atomic mass is 10.1. The van der Waals surface area contributed by atoms with Gasteiger partial charge in [0.05, 0.1) is 30.4 Å². The van der Waals surface area contributed by atoms with E-state index in [0.717, 1.165) is 23.2 Å². The molecule has 160 valence electrons. The minimum absolute atomic E-state index is 0.311. The van der Waals surface area contributed by atoms with Crippen LogP contribution >= 0.6 is 11.6 Å². The average Bonchev–Trinajstić information content (AvgIpc) is 2.78. The van der Waals surface area contributed by atoms with Crippen LogP contribution in [0.15, 0.2) is 49.3 Å². The van der Waals surface area contributed by atoms with Crippen LogP contribution < -0.4 is 20.7 Å². The molecule has 0 saturated heterocycles. The maximum Gasteiger partial charge on any atom is 0.247 e. The number of ether oxygens (including phenoxy) is 1. The Kier molecular flexibility index (Phi) is 7.04. The summed E-state index contributed by atoms with van der Waals surface area (Å²) in [7, 11) is 1.55. The highest BCUT2D eigenvalue weighted by Gasteiger charge is 2.12. The van der Waals surface area contributed by atoms with Gasteiger partial charge < -0.3 is 20.7 Å². The number of carbonyl (C=O) groups is 1. The summed E-state index contributed by atoms with van der Waals surface area (Å²) in [6.07, 6.45) is 5.23. The zero-order valence-corrected chi connectivity index (χ0v) is 18.2. The lowest BCUT2D eigenvalue weighted by Gasteiger charge is -2.15. The van der Waals surface area contributed by atoms with Gasteiger partial charge in [0.25, 0.3) is 0 Å². The third-order valence-corrected chi connectivity index (χ3v) is 4.74. The van der Waals surface area contributed by atoms with E-state index in [2.05, 4.69) is 37.5 Å². The second-order valence-electron chi connectivity index (χ2n) is 6.61. The number of nitrogens with zero attached hydrogens (tertiary/aromatic N) is 3. The molecule has 0 fully saturated rings. The number of hydrogen-bond acceptors (Lipinski definition) is 7. The van der Waals surface area contributed by atoms with Gasteiger partial charge in [0, 0.05) is 12.3 Å². The van der Waals surface area contributed by atoms with Crippen molar-refractivity contribution in [3.05, 3.63) is 65.5 Å². The minimum Gasteiger partial charge on any atom is -0.481 e. The Labute approximate surface area is 185 Å². The largest absolute Gasteiger partial charge is 0.481 e. The molecular formula is C22H23ClN6O2. The van der Waals surface area contributed by atoms with Gasteiger partial charge >= 0.3 is 0 Å². The van der Waals surface area contributed by atoms with Crippen molar-refractivity contribution in [2.75, 3.05) is 23.1 Å². The number of pyridine rings is 1. The van der Waals surface area contributed by atoms with E-state index in [4.69, 9.17) is 16.3 Å². The van der Waals surface area contributed by atoms with Gasteiger partial charge in [-0.25, -0.2) is 9.97 Å². The number of amides is 1. The second kappa shape index (κ2) is 9.90. The van der Waals surface area contributed by atoms with Crippen LogP contribution in [-0.4, -0.2) is 28.0 Å². The van der Waals surface area contributed by atoms with Gasteiger partial charge in [-0.05, 0) is 42.7 Å². The van der Waals surface area contributed by atoms with Crippen molar-refractivity contribution in [1.82, 2.24) is 15.0 Å². The maximum atomic E-state index is 11.9. The van der Waals surface area contributed by atoms with Crippen LogP contribution in [0.3, 0.4) is 0 Å². The molecule has 31 heavy (non-hydrogen) atoms. The predicted molar refractivity (Wildman–Crippen MR) is 124 cm³/mol. The molecule has 0 radical (unpaired) electrons. The van der Waals surface area contributed by atoms with Gasteiger partial charge in [-0.2, -0.15) is 4.98 Å². The summed E-state index contributed by atoms with van der Waals surface area (Å²) in [6, 6.07) is 7.48. The molecular weight excluding hydrogens is 416 g/mol. The molecule has 0 spiro atoms. The van der Waals surface area contributed by atoms with Gasteiger partial charge in [0.1, 0.15) is 5.02 Å². The number of methoxy groups -OCH3 is 1. The smallest absolute Gasteiger partial charge is 0.247 e. The van der Waals surface area contributed by atoms with Crippen LogP contribution in [0, 0.1) is 6.92 Å². The van der Waals surface area contributed by atoms with Crippen molar-refractivity contribution in [2.24, 2.45) is 0 Å². The fraction of sp³-hybridized carbons (Fsp3) is 0.182. The normalized spacial score (nSPS) is 10.3. The molecule has 3 aromatic rings. The Hall–Kier alpha value is -3.65. The highest BCUT2D eigenvalue weighted by atomic mass is 35.5. The van der Waals surface area contributed by atoms with Crippen molar-refractivity contribution in [1.29, 1.82) is 0 Å². The van der Waals surface area contributed by atoms with E-state index in [1.165, 1.54) is 12.3 Å². The van der Waals surface area contributed by atoms with E-state index < -0.39 is 0 Å². The summed E-state index contributed by atoms with van der Waals surface area (Å²) >= 11 is 6.32. The Morgan fingerprint density at radius 2 is 1.97 bits per heavy atom. The maximum absolute atomic E-state index is 11.9. The SMILES string of the molecule is C=CC(=O)Nc1cc(CC)ccc1Nc1nc(Nc2cc(OC)ncc2C)ncc1Cl. The monoisotopic (exact) mass is 438 g/mol.